The van der Waals surface area contributed by atoms with Gasteiger partial charge in [0.25, 0.3) is 5.91 Å². The first-order valence-electron chi connectivity index (χ1n) is 8.38. The van der Waals surface area contributed by atoms with Gasteiger partial charge in [0.2, 0.25) is 10.0 Å². The highest BCUT2D eigenvalue weighted by Crippen LogP contribution is 2.44. The maximum Gasteiger partial charge on any atom is 0.251 e. The van der Waals surface area contributed by atoms with Crippen molar-refractivity contribution in [1.82, 2.24) is 5.32 Å². The van der Waals surface area contributed by atoms with Gasteiger partial charge in [-0.1, -0.05) is 12.5 Å². The van der Waals surface area contributed by atoms with Gasteiger partial charge in [-0.05, 0) is 55.4 Å². The van der Waals surface area contributed by atoms with E-state index in [0.29, 0.717) is 23.2 Å². The molecule has 0 heterocycles. The summed E-state index contributed by atoms with van der Waals surface area (Å²) in [6, 6.07) is 6.99. The zero-order chi connectivity index (χ0) is 17.3. The molecule has 130 valence electrons. The molecule has 0 unspecified atom stereocenters. The summed E-state index contributed by atoms with van der Waals surface area (Å²) in [6.07, 6.45) is 7.56. The lowest BCUT2D eigenvalue weighted by atomic mass is 9.95. The van der Waals surface area contributed by atoms with Crippen LogP contribution in [0, 0.1) is 11.8 Å². The van der Waals surface area contributed by atoms with Gasteiger partial charge in [-0.25, -0.2) is 8.42 Å². The van der Waals surface area contributed by atoms with Crippen LogP contribution in [0.2, 0.25) is 0 Å². The molecule has 2 aliphatic rings. The average molecular weight is 348 g/mol. The highest BCUT2D eigenvalue weighted by Gasteiger charge is 2.40. The van der Waals surface area contributed by atoms with E-state index >= 15 is 0 Å². The van der Waals surface area contributed by atoms with Gasteiger partial charge >= 0.3 is 0 Å². The van der Waals surface area contributed by atoms with Crippen LogP contribution in [0.3, 0.4) is 0 Å². The largest absolute Gasteiger partial charge is 0.349 e. The third-order valence-corrected chi connectivity index (χ3v) is 6.33. The van der Waals surface area contributed by atoms with Crippen molar-refractivity contribution < 1.29 is 13.2 Å². The lowest BCUT2D eigenvalue weighted by molar-refractivity contribution is 0.0923. The smallest absolute Gasteiger partial charge is 0.251 e. The van der Waals surface area contributed by atoms with Crippen LogP contribution in [0.15, 0.2) is 36.9 Å². The molecule has 2 bridgehead atoms. The molecule has 1 amide bonds. The van der Waals surface area contributed by atoms with Gasteiger partial charge in [-0.15, -0.1) is 6.58 Å². The Balaban J connectivity index is 1.69. The number of hydrogen-bond donors (Lipinski definition) is 1. The van der Waals surface area contributed by atoms with Crippen LogP contribution in [0.1, 0.15) is 36.0 Å². The van der Waals surface area contributed by atoms with E-state index in [1.807, 2.05) is 0 Å². The first-order chi connectivity index (χ1) is 11.4. The van der Waals surface area contributed by atoms with E-state index in [-0.39, 0.29) is 12.5 Å². The maximum absolute atomic E-state index is 12.4. The van der Waals surface area contributed by atoms with Crippen molar-refractivity contribution in [2.45, 2.75) is 31.7 Å². The summed E-state index contributed by atoms with van der Waals surface area (Å²) in [7, 11) is -3.38. The van der Waals surface area contributed by atoms with Crippen LogP contribution in [0.5, 0.6) is 0 Å². The van der Waals surface area contributed by atoms with E-state index < -0.39 is 10.0 Å². The number of benzene rings is 1. The Bertz CT molecular complexity index is 727. The van der Waals surface area contributed by atoms with E-state index in [4.69, 9.17) is 0 Å². The highest BCUT2D eigenvalue weighted by atomic mass is 32.2. The van der Waals surface area contributed by atoms with Gasteiger partial charge < -0.3 is 5.32 Å². The Morgan fingerprint density at radius 3 is 2.50 bits per heavy atom. The normalized spacial score (nSPS) is 25.5. The minimum absolute atomic E-state index is 0.0753. The Morgan fingerprint density at radius 2 is 2.00 bits per heavy atom. The molecule has 2 aliphatic carbocycles. The molecular formula is C18H24N2O3S. The van der Waals surface area contributed by atoms with Crippen LogP contribution in [0.25, 0.3) is 0 Å². The fourth-order valence-electron chi connectivity index (χ4n) is 4.00. The second-order valence-corrected chi connectivity index (χ2v) is 8.79. The second-order valence-electron chi connectivity index (χ2n) is 6.88. The fourth-order valence-corrected chi connectivity index (χ4v) is 4.88. The third kappa shape index (κ3) is 3.48. The Labute approximate surface area is 143 Å². The van der Waals surface area contributed by atoms with Gasteiger partial charge in [0.15, 0.2) is 0 Å². The first kappa shape index (κ1) is 17.0. The van der Waals surface area contributed by atoms with Gasteiger partial charge in [0.1, 0.15) is 0 Å². The van der Waals surface area contributed by atoms with Crippen LogP contribution in [0.4, 0.5) is 5.69 Å². The number of anilines is 1. The number of sulfonamides is 1. The van der Waals surface area contributed by atoms with Crippen LogP contribution >= 0.6 is 0 Å². The topological polar surface area (TPSA) is 66.5 Å². The Morgan fingerprint density at radius 1 is 1.29 bits per heavy atom. The molecule has 6 heteroatoms. The van der Waals surface area contributed by atoms with Crippen LogP contribution < -0.4 is 9.62 Å². The SMILES string of the molecule is C=CCN(c1ccc(C(=O)N[C@H]2C[C@H]3CC[C@H]2C3)cc1)S(C)(=O)=O. The lowest BCUT2D eigenvalue weighted by Crippen LogP contribution is -2.38. The van der Waals surface area contributed by atoms with Crippen molar-refractivity contribution in [1.29, 1.82) is 0 Å². The predicted octanol–water partition coefficient (Wildman–Crippen LogP) is 2.56. The number of nitrogens with one attached hydrogen (secondary N) is 1. The van der Waals surface area contributed by atoms with Crippen molar-refractivity contribution in [2.24, 2.45) is 11.8 Å². The summed E-state index contributed by atoms with van der Waals surface area (Å²) in [5.41, 5.74) is 1.10. The zero-order valence-corrected chi connectivity index (χ0v) is 14.8. The number of hydrogen-bond acceptors (Lipinski definition) is 3. The van der Waals surface area contributed by atoms with Gasteiger partial charge in [-0.2, -0.15) is 0 Å². The summed E-state index contributed by atoms with van der Waals surface area (Å²) in [5, 5.41) is 3.14. The molecule has 1 N–H and O–H groups in total. The number of amides is 1. The van der Waals surface area contributed by atoms with E-state index in [9.17, 15) is 13.2 Å². The average Bonchev–Trinajstić information content (AvgIpc) is 3.14. The van der Waals surface area contributed by atoms with Crippen molar-refractivity contribution in [2.75, 3.05) is 17.1 Å². The minimum Gasteiger partial charge on any atom is -0.349 e. The second kappa shape index (κ2) is 6.59. The van der Waals surface area contributed by atoms with Gasteiger partial charge in [-0.3, -0.25) is 9.10 Å². The fraction of sp³-hybridized carbons (Fsp3) is 0.500. The van der Waals surface area contributed by atoms with Gasteiger partial charge in [0, 0.05) is 11.6 Å². The molecule has 5 nitrogen and oxygen atoms in total. The molecule has 0 aromatic heterocycles. The molecule has 0 aliphatic heterocycles. The summed E-state index contributed by atoms with van der Waals surface area (Å²) in [5.74, 6) is 1.34. The number of rotatable bonds is 6. The van der Waals surface area contributed by atoms with Crippen molar-refractivity contribution in [3.05, 3.63) is 42.5 Å². The van der Waals surface area contributed by atoms with Crippen LogP contribution in [-0.4, -0.2) is 33.2 Å². The number of carbonyl (C=O) groups is 1. The molecule has 3 atom stereocenters. The molecule has 0 radical (unpaired) electrons. The standard InChI is InChI=1S/C18H24N2O3S/c1-3-10-20(24(2,22)23)16-8-6-14(7-9-16)18(21)19-17-12-13-4-5-15(17)11-13/h3,6-9,13,15,17H,1,4-5,10-12H2,2H3,(H,19,21)/t13-,15-,17-/m0/s1. The quantitative estimate of drug-likeness (QED) is 0.804. The van der Waals surface area contributed by atoms with Crippen LogP contribution in [-0.2, 0) is 10.0 Å². The third-order valence-electron chi connectivity index (χ3n) is 5.17. The number of fused-ring (bicyclic) bond motifs is 2. The highest BCUT2D eigenvalue weighted by molar-refractivity contribution is 7.92. The molecule has 1 aromatic rings. The Hall–Kier alpha value is -1.82. The lowest BCUT2D eigenvalue weighted by Gasteiger charge is -2.23. The molecule has 2 fully saturated rings. The number of carbonyl (C=O) groups excluding carboxylic acids is 1. The van der Waals surface area contributed by atoms with E-state index in [0.717, 1.165) is 18.6 Å². The summed E-state index contributed by atoms with van der Waals surface area (Å²) >= 11 is 0. The molecular weight excluding hydrogens is 324 g/mol. The summed E-state index contributed by atoms with van der Waals surface area (Å²) in [4.78, 5) is 12.4. The number of nitrogens with zero attached hydrogens (tertiary/aromatic N) is 1. The molecule has 0 saturated heterocycles. The van der Waals surface area contributed by atoms with E-state index in [1.165, 1.54) is 29.6 Å². The predicted molar refractivity (Wildman–Crippen MR) is 95.5 cm³/mol. The van der Waals surface area contributed by atoms with E-state index in [2.05, 4.69) is 11.9 Å². The first-order valence-corrected chi connectivity index (χ1v) is 10.2. The van der Waals surface area contributed by atoms with Crippen molar-refractivity contribution in [3.63, 3.8) is 0 Å². The summed E-state index contributed by atoms with van der Waals surface area (Å²) in [6.45, 7) is 3.79. The van der Waals surface area contributed by atoms with Gasteiger partial charge in [0.05, 0.1) is 18.5 Å². The molecule has 24 heavy (non-hydrogen) atoms. The monoisotopic (exact) mass is 348 g/mol. The van der Waals surface area contributed by atoms with Crippen molar-refractivity contribution in [3.8, 4) is 0 Å². The molecule has 0 spiro atoms. The molecule has 3 rings (SSSR count). The van der Waals surface area contributed by atoms with E-state index in [1.54, 1.807) is 24.3 Å². The molecule has 1 aromatic carbocycles. The maximum atomic E-state index is 12.4. The molecule has 2 saturated carbocycles. The summed E-state index contributed by atoms with van der Waals surface area (Å²) < 4.78 is 24.9. The van der Waals surface area contributed by atoms with Crippen molar-refractivity contribution >= 4 is 21.6 Å². The Kier molecular flexibility index (Phi) is 4.67. The minimum atomic E-state index is -3.38. The zero-order valence-electron chi connectivity index (χ0n) is 13.9.